The van der Waals surface area contributed by atoms with Gasteiger partial charge in [0.2, 0.25) is 5.88 Å². The van der Waals surface area contributed by atoms with E-state index >= 15 is 0 Å². The van der Waals surface area contributed by atoms with Crippen molar-refractivity contribution in [3.63, 3.8) is 0 Å². The van der Waals surface area contributed by atoms with Crippen LogP contribution >= 0.6 is 15.9 Å². The maximum atomic E-state index is 12.8. The normalized spacial score (nSPS) is 11.7. The van der Waals surface area contributed by atoms with E-state index in [1.807, 2.05) is 13.0 Å². The Morgan fingerprint density at radius 2 is 1.82 bits per heavy atom. The minimum Gasteiger partial charge on any atom is -0.476 e. The second kappa shape index (κ2) is 5.73. The molecule has 7 heteroatoms. The zero-order chi connectivity index (χ0) is 15.7. The van der Waals surface area contributed by atoms with Gasteiger partial charge in [-0.15, -0.1) is 9.19 Å². The first-order chi connectivity index (χ1) is 10.5. The lowest BCUT2D eigenvalue weighted by Gasteiger charge is -2.05. The van der Waals surface area contributed by atoms with Gasteiger partial charge >= 0.3 is 0 Å². The lowest BCUT2D eigenvalue weighted by molar-refractivity contribution is 0.328. The Morgan fingerprint density at radius 3 is 2.50 bits per heavy atom. The van der Waals surface area contributed by atoms with Crippen molar-refractivity contribution in [1.29, 1.82) is 0 Å². The molecule has 0 atom stereocenters. The van der Waals surface area contributed by atoms with Crippen LogP contribution in [0.15, 0.2) is 57.9 Å². The van der Waals surface area contributed by atoms with E-state index in [2.05, 4.69) is 21.0 Å². The lowest BCUT2D eigenvalue weighted by atomic mass is 10.2. The van der Waals surface area contributed by atoms with Gasteiger partial charge in [-0.3, -0.25) is 0 Å². The van der Waals surface area contributed by atoms with Gasteiger partial charge in [0.1, 0.15) is 0 Å². The Bertz CT molecular complexity index is 918. The lowest BCUT2D eigenvalue weighted by Crippen LogP contribution is -2.14. The van der Waals surface area contributed by atoms with Crippen LogP contribution in [0.1, 0.15) is 6.92 Å². The molecular weight excluding hydrogens is 368 g/mol. The highest BCUT2D eigenvalue weighted by molar-refractivity contribution is 9.10. The highest BCUT2D eigenvalue weighted by Crippen LogP contribution is 2.28. The molecule has 22 heavy (non-hydrogen) atoms. The highest BCUT2D eigenvalue weighted by atomic mass is 79.9. The summed E-state index contributed by atoms with van der Waals surface area (Å²) in [5.41, 5.74) is 0.494. The smallest absolute Gasteiger partial charge is 0.283 e. The zero-order valence-corrected chi connectivity index (χ0v) is 14.1. The SMILES string of the molecule is CCOc1nn(S(=O)(=O)c2ccc(Br)cc2)c2ccccc12. The molecular formula is C15H13BrN2O3S. The summed E-state index contributed by atoms with van der Waals surface area (Å²) in [5, 5.41) is 4.82. The summed E-state index contributed by atoms with van der Waals surface area (Å²) < 4.78 is 32.9. The number of rotatable bonds is 4. The highest BCUT2D eigenvalue weighted by Gasteiger charge is 2.23. The summed E-state index contributed by atoms with van der Waals surface area (Å²) in [6, 6.07) is 13.5. The van der Waals surface area contributed by atoms with Gasteiger partial charge in [-0.05, 0) is 43.3 Å². The number of fused-ring (bicyclic) bond motifs is 1. The Morgan fingerprint density at radius 1 is 1.14 bits per heavy atom. The van der Waals surface area contributed by atoms with Crippen LogP contribution in [0.4, 0.5) is 0 Å². The molecule has 114 valence electrons. The molecule has 1 aromatic heterocycles. The molecule has 5 nitrogen and oxygen atoms in total. The number of halogens is 1. The van der Waals surface area contributed by atoms with Crippen molar-refractivity contribution in [1.82, 2.24) is 9.19 Å². The van der Waals surface area contributed by atoms with Crippen molar-refractivity contribution in [3.8, 4) is 5.88 Å². The van der Waals surface area contributed by atoms with Gasteiger partial charge in [0, 0.05) is 4.47 Å². The number of benzene rings is 2. The molecule has 0 aliphatic carbocycles. The largest absolute Gasteiger partial charge is 0.476 e. The molecule has 1 heterocycles. The van der Waals surface area contributed by atoms with Crippen LogP contribution in [0.3, 0.4) is 0 Å². The van der Waals surface area contributed by atoms with Crippen molar-refractivity contribution in [2.24, 2.45) is 0 Å². The van der Waals surface area contributed by atoms with Crippen molar-refractivity contribution in [2.75, 3.05) is 6.61 Å². The average Bonchev–Trinajstić information content (AvgIpc) is 2.88. The van der Waals surface area contributed by atoms with Gasteiger partial charge in [0.15, 0.2) is 0 Å². The van der Waals surface area contributed by atoms with Gasteiger partial charge in [0.05, 0.1) is 22.4 Å². The standard InChI is InChI=1S/C15H13BrN2O3S/c1-2-21-15-13-5-3-4-6-14(13)18(17-15)22(19,20)12-9-7-11(16)8-10-12/h3-10H,2H2,1H3. The first kappa shape index (κ1) is 15.1. The van der Waals surface area contributed by atoms with E-state index < -0.39 is 10.0 Å². The molecule has 0 saturated heterocycles. The van der Waals surface area contributed by atoms with Gasteiger partial charge in [0.25, 0.3) is 10.0 Å². The van der Waals surface area contributed by atoms with Crippen LogP contribution in [0.2, 0.25) is 0 Å². The third-order valence-corrected chi connectivity index (χ3v) is 5.27. The second-order valence-corrected chi connectivity index (χ2v) is 7.24. The van der Waals surface area contributed by atoms with Crippen LogP contribution in [0, 0.1) is 0 Å². The molecule has 0 aliphatic heterocycles. The predicted octanol–water partition coefficient (Wildman–Crippen LogP) is 3.43. The second-order valence-electron chi connectivity index (χ2n) is 4.56. The number of hydrogen-bond donors (Lipinski definition) is 0. The van der Waals surface area contributed by atoms with Gasteiger partial charge in [-0.25, -0.2) is 0 Å². The fraction of sp³-hybridized carbons (Fsp3) is 0.133. The van der Waals surface area contributed by atoms with Gasteiger partial charge in [-0.1, -0.05) is 28.1 Å². The van der Waals surface area contributed by atoms with Crippen LogP contribution in [0.5, 0.6) is 5.88 Å². The third-order valence-electron chi connectivity index (χ3n) is 3.14. The predicted molar refractivity (Wildman–Crippen MR) is 87.6 cm³/mol. The van der Waals surface area contributed by atoms with Crippen molar-refractivity contribution in [2.45, 2.75) is 11.8 Å². The molecule has 0 spiro atoms. The van der Waals surface area contributed by atoms with Gasteiger partial charge < -0.3 is 4.74 Å². The Labute approximate surface area is 136 Å². The summed E-state index contributed by atoms with van der Waals surface area (Å²) in [6.45, 7) is 2.25. The molecule has 0 radical (unpaired) electrons. The topological polar surface area (TPSA) is 61.2 Å². The number of para-hydroxylation sites is 1. The zero-order valence-electron chi connectivity index (χ0n) is 11.7. The summed E-state index contributed by atoms with van der Waals surface area (Å²) in [7, 11) is -3.78. The van der Waals surface area contributed by atoms with Gasteiger partial charge in [-0.2, -0.15) is 8.42 Å². The number of nitrogens with zero attached hydrogens (tertiary/aromatic N) is 2. The van der Waals surface area contributed by atoms with E-state index in [4.69, 9.17) is 4.74 Å². The number of ether oxygens (including phenoxy) is 1. The van der Waals surface area contributed by atoms with E-state index in [1.165, 1.54) is 12.1 Å². The van der Waals surface area contributed by atoms with E-state index in [-0.39, 0.29) is 4.90 Å². The Balaban J connectivity index is 2.23. The van der Waals surface area contributed by atoms with E-state index in [1.54, 1.807) is 30.3 Å². The molecule has 3 rings (SSSR count). The summed E-state index contributed by atoms with van der Waals surface area (Å²) in [5.74, 6) is 0.318. The molecule has 0 bridgehead atoms. The summed E-state index contributed by atoms with van der Waals surface area (Å²) in [6.07, 6.45) is 0. The van der Waals surface area contributed by atoms with Crippen molar-refractivity contribution in [3.05, 3.63) is 53.0 Å². The molecule has 0 N–H and O–H groups in total. The molecule has 0 amide bonds. The number of aromatic nitrogens is 2. The third kappa shape index (κ3) is 2.50. The van der Waals surface area contributed by atoms with E-state index in [0.717, 1.165) is 8.56 Å². The van der Waals surface area contributed by atoms with Crippen LogP contribution in [-0.4, -0.2) is 24.2 Å². The molecule has 2 aromatic carbocycles. The molecule has 0 unspecified atom stereocenters. The average molecular weight is 381 g/mol. The quantitative estimate of drug-likeness (QED) is 0.695. The minimum atomic E-state index is -3.78. The van der Waals surface area contributed by atoms with Crippen LogP contribution in [0.25, 0.3) is 10.9 Å². The number of hydrogen-bond acceptors (Lipinski definition) is 4. The first-order valence-electron chi connectivity index (χ1n) is 6.65. The molecule has 0 aliphatic rings. The maximum Gasteiger partial charge on any atom is 0.283 e. The van der Waals surface area contributed by atoms with Crippen molar-refractivity contribution < 1.29 is 13.2 Å². The first-order valence-corrected chi connectivity index (χ1v) is 8.89. The molecule has 3 aromatic rings. The summed E-state index contributed by atoms with van der Waals surface area (Å²) in [4.78, 5) is 0.173. The Hall–Kier alpha value is -1.86. The van der Waals surface area contributed by atoms with E-state index in [9.17, 15) is 8.42 Å². The monoisotopic (exact) mass is 380 g/mol. The van der Waals surface area contributed by atoms with Crippen LogP contribution < -0.4 is 4.74 Å². The minimum absolute atomic E-state index is 0.173. The maximum absolute atomic E-state index is 12.8. The van der Waals surface area contributed by atoms with Crippen LogP contribution in [-0.2, 0) is 10.0 Å². The summed E-state index contributed by atoms with van der Waals surface area (Å²) >= 11 is 3.30. The molecule has 0 saturated carbocycles. The fourth-order valence-corrected chi connectivity index (χ4v) is 3.69. The fourth-order valence-electron chi connectivity index (χ4n) is 2.14. The van der Waals surface area contributed by atoms with Crippen molar-refractivity contribution >= 4 is 36.9 Å². The Kier molecular flexibility index (Phi) is 3.92. The molecule has 0 fully saturated rings. The van der Waals surface area contributed by atoms with E-state index in [0.29, 0.717) is 23.4 Å².